The smallest absolute Gasteiger partial charge is 0.232 e. The van der Waals surface area contributed by atoms with Crippen molar-refractivity contribution < 1.29 is 9.47 Å². The van der Waals surface area contributed by atoms with E-state index in [4.69, 9.17) is 43.3 Å². The Bertz CT molecular complexity index is 1300. The third-order valence-corrected chi connectivity index (χ3v) is 8.38. The van der Waals surface area contributed by atoms with E-state index in [1.165, 1.54) is 16.7 Å². The molecule has 1 aromatic heterocycles. The summed E-state index contributed by atoms with van der Waals surface area (Å²) in [6, 6.07) is 18.7. The van der Waals surface area contributed by atoms with Crippen LogP contribution in [0, 0.1) is 0 Å². The molecule has 3 aliphatic heterocycles. The van der Waals surface area contributed by atoms with Crippen molar-refractivity contribution in [2.45, 2.75) is 31.3 Å². The predicted octanol–water partition coefficient (Wildman–Crippen LogP) is 4.52. The second-order valence-electron chi connectivity index (χ2n) is 10.3. The number of aromatic nitrogens is 2. The lowest BCUT2D eigenvalue weighted by atomic mass is 9.74. The molecule has 8 nitrogen and oxygen atoms in total. The van der Waals surface area contributed by atoms with Crippen LogP contribution in [0.1, 0.15) is 29.5 Å². The molecule has 0 amide bonds. The first-order valence-electron chi connectivity index (χ1n) is 13.5. The second kappa shape index (κ2) is 11.6. The van der Waals surface area contributed by atoms with E-state index < -0.39 is 0 Å². The lowest BCUT2D eigenvalue weighted by Gasteiger charge is -2.38. The Morgan fingerprint density at radius 2 is 1.54 bits per heavy atom. The molecule has 2 N–H and O–H groups in total. The van der Waals surface area contributed by atoms with Crippen molar-refractivity contribution >= 4 is 46.5 Å². The first-order chi connectivity index (χ1) is 19.1. The number of nitrogens with zero attached hydrogens (tertiary/aromatic N) is 4. The van der Waals surface area contributed by atoms with Gasteiger partial charge in [0, 0.05) is 62.4 Å². The summed E-state index contributed by atoms with van der Waals surface area (Å²) in [5.41, 5.74) is 3.75. The quantitative estimate of drug-likeness (QED) is 0.420. The Kier molecular flexibility index (Phi) is 7.83. The summed E-state index contributed by atoms with van der Waals surface area (Å²) in [5.74, 6) is 2.25. The van der Waals surface area contributed by atoms with Crippen LogP contribution in [0.15, 0.2) is 54.6 Å². The number of morpholine rings is 1. The molecule has 0 atom stereocenters. The van der Waals surface area contributed by atoms with Gasteiger partial charge in [-0.3, -0.25) is 0 Å². The highest BCUT2D eigenvalue weighted by Gasteiger charge is 2.35. The van der Waals surface area contributed by atoms with Crippen LogP contribution in [0.4, 0.5) is 17.6 Å². The van der Waals surface area contributed by atoms with Gasteiger partial charge in [0.2, 0.25) is 5.95 Å². The Labute approximate surface area is 239 Å². The number of anilines is 3. The van der Waals surface area contributed by atoms with Crippen molar-refractivity contribution in [2.75, 3.05) is 61.2 Å². The van der Waals surface area contributed by atoms with Gasteiger partial charge in [0.1, 0.15) is 11.6 Å². The number of rotatable bonds is 6. The maximum atomic E-state index is 6.35. The van der Waals surface area contributed by atoms with E-state index in [0.717, 1.165) is 55.7 Å². The lowest BCUT2D eigenvalue weighted by molar-refractivity contribution is 0.0515. The normalized spacial score (nSPS) is 18.5. The van der Waals surface area contributed by atoms with E-state index in [9.17, 15) is 0 Å². The summed E-state index contributed by atoms with van der Waals surface area (Å²) in [7, 11) is 0. The van der Waals surface area contributed by atoms with Gasteiger partial charge in [-0.2, -0.15) is 9.97 Å². The van der Waals surface area contributed by atoms with Crippen LogP contribution < -0.4 is 20.4 Å². The summed E-state index contributed by atoms with van der Waals surface area (Å²) in [6.07, 6.45) is 1.79. The fraction of sp³-hybridized carbons (Fsp3) is 0.414. The number of nitrogens with one attached hydrogen (secondary N) is 2. The van der Waals surface area contributed by atoms with Crippen LogP contribution in [0.3, 0.4) is 0 Å². The van der Waals surface area contributed by atoms with Gasteiger partial charge in [-0.05, 0) is 53.9 Å². The zero-order valence-electron chi connectivity index (χ0n) is 21.9. The minimum atomic E-state index is -0.113. The summed E-state index contributed by atoms with van der Waals surface area (Å²) in [6.45, 7) is 6.69. The molecule has 3 aromatic rings. The molecule has 39 heavy (non-hydrogen) atoms. The van der Waals surface area contributed by atoms with Crippen LogP contribution in [-0.4, -0.2) is 61.1 Å². The van der Waals surface area contributed by atoms with Crippen molar-refractivity contribution in [2.24, 2.45) is 0 Å². The molecule has 0 spiro atoms. The van der Waals surface area contributed by atoms with Crippen LogP contribution in [0.5, 0.6) is 0 Å². The number of benzene rings is 2. The largest absolute Gasteiger partial charge is 0.381 e. The van der Waals surface area contributed by atoms with Gasteiger partial charge in [-0.15, -0.1) is 0 Å². The van der Waals surface area contributed by atoms with Gasteiger partial charge in [0.25, 0.3) is 0 Å². The van der Waals surface area contributed by atoms with Gasteiger partial charge < -0.3 is 29.9 Å². The van der Waals surface area contributed by atoms with Crippen LogP contribution >= 0.6 is 23.8 Å². The molecule has 2 saturated heterocycles. The number of halogens is 1. The summed E-state index contributed by atoms with van der Waals surface area (Å²) < 4.78 is 11.3. The fourth-order valence-electron chi connectivity index (χ4n) is 5.63. The molecule has 3 aliphatic rings. The number of ether oxygens (including phenoxy) is 2. The lowest BCUT2D eigenvalue weighted by Crippen LogP contribution is -2.45. The summed E-state index contributed by atoms with van der Waals surface area (Å²) >= 11 is 12.1. The van der Waals surface area contributed by atoms with E-state index in [1.54, 1.807) is 0 Å². The van der Waals surface area contributed by atoms with E-state index in [1.807, 2.05) is 12.1 Å². The van der Waals surface area contributed by atoms with Crippen LogP contribution in [0.25, 0.3) is 0 Å². The van der Waals surface area contributed by atoms with Crippen LogP contribution in [-0.2, 0) is 28.0 Å². The van der Waals surface area contributed by atoms with Crippen molar-refractivity contribution in [1.82, 2.24) is 15.3 Å². The summed E-state index contributed by atoms with van der Waals surface area (Å²) in [4.78, 5) is 14.3. The predicted molar refractivity (Wildman–Crippen MR) is 159 cm³/mol. The molecule has 10 heteroatoms. The van der Waals surface area contributed by atoms with E-state index >= 15 is 0 Å². The number of thiocarbonyl (C=S) groups is 1. The average molecular weight is 565 g/mol. The molecular formula is C29H33ClN6O2S. The van der Waals surface area contributed by atoms with Gasteiger partial charge >= 0.3 is 0 Å². The minimum Gasteiger partial charge on any atom is -0.381 e. The molecule has 6 rings (SSSR count). The number of hydrogen-bond acceptors (Lipinski definition) is 7. The van der Waals surface area contributed by atoms with Crippen molar-refractivity contribution in [3.8, 4) is 0 Å². The van der Waals surface area contributed by atoms with Crippen molar-refractivity contribution in [3.05, 3.63) is 76.3 Å². The molecule has 0 unspecified atom stereocenters. The Hall–Kier alpha value is -2.98. The molecule has 0 radical (unpaired) electrons. The SMILES string of the molecule is S=C(NCC1(c2cccc(Cl)c2)CCOCC1)Nc1nc(N2CCOCC2)cc(N2Cc3ccccc3C2)n1. The topological polar surface area (TPSA) is 74.8 Å². The third-order valence-electron chi connectivity index (χ3n) is 7.90. The number of hydrogen-bond donors (Lipinski definition) is 2. The van der Waals surface area contributed by atoms with Gasteiger partial charge in [0.15, 0.2) is 5.11 Å². The fourth-order valence-corrected chi connectivity index (χ4v) is 5.99. The first-order valence-corrected chi connectivity index (χ1v) is 14.3. The third kappa shape index (κ3) is 5.96. The maximum Gasteiger partial charge on any atom is 0.232 e. The molecule has 2 fully saturated rings. The molecule has 2 aromatic carbocycles. The molecule has 0 aliphatic carbocycles. The molecule has 0 bridgehead atoms. The Balaban J connectivity index is 1.21. The van der Waals surface area contributed by atoms with Gasteiger partial charge in [0.05, 0.1) is 13.2 Å². The van der Waals surface area contributed by atoms with E-state index in [-0.39, 0.29) is 5.41 Å². The average Bonchev–Trinajstić information content (AvgIpc) is 3.42. The Morgan fingerprint density at radius 3 is 2.23 bits per heavy atom. The van der Waals surface area contributed by atoms with Crippen LogP contribution in [0.2, 0.25) is 5.02 Å². The standard InChI is InChI=1S/C29H33ClN6O2S/c30-24-7-3-6-23(16-24)29(8-12-37-13-9-29)20-31-28(39)34-27-32-25(35-10-14-38-15-11-35)17-26(33-27)36-18-21-4-1-2-5-22(21)19-36/h1-7,16-17H,8-15,18-20H2,(H2,31,32,33,34,39). The van der Waals surface area contributed by atoms with Gasteiger partial charge in [-0.25, -0.2) is 0 Å². The molecule has 204 valence electrons. The second-order valence-corrected chi connectivity index (χ2v) is 11.2. The monoisotopic (exact) mass is 564 g/mol. The highest BCUT2D eigenvalue weighted by molar-refractivity contribution is 7.80. The Morgan fingerprint density at radius 1 is 0.872 bits per heavy atom. The van der Waals surface area contributed by atoms with Gasteiger partial charge in [-0.1, -0.05) is 48.0 Å². The molecule has 0 saturated carbocycles. The van der Waals surface area contributed by atoms with E-state index in [0.29, 0.717) is 44.0 Å². The van der Waals surface area contributed by atoms with E-state index in [2.05, 4.69) is 62.9 Å². The maximum absolute atomic E-state index is 6.35. The number of fused-ring (bicyclic) bond motifs is 1. The highest BCUT2D eigenvalue weighted by atomic mass is 35.5. The minimum absolute atomic E-state index is 0.113. The molecular weight excluding hydrogens is 532 g/mol. The zero-order valence-corrected chi connectivity index (χ0v) is 23.4. The first kappa shape index (κ1) is 26.3. The van der Waals surface area contributed by atoms with Crippen molar-refractivity contribution in [1.29, 1.82) is 0 Å². The van der Waals surface area contributed by atoms with Crippen molar-refractivity contribution in [3.63, 3.8) is 0 Å². The molecule has 4 heterocycles. The zero-order chi connectivity index (χ0) is 26.7. The highest BCUT2D eigenvalue weighted by Crippen LogP contribution is 2.35. The summed E-state index contributed by atoms with van der Waals surface area (Å²) in [5, 5.41) is 7.98.